The highest BCUT2D eigenvalue weighted by atomic mass is 32.1. The number of piperidine rings is 1. The predicted molar refractivity (Wildman–Crippen MR) is 95.7 cm³/mol. The lowest BCUT2D eigenvalue weighted by molar-refractivity contribution is -0.147. The summed E-state index contributed by atoms with van der Waals surface area (Å²) in [6.45, 7) is 4.13. The Bertz CT molecular complexity index is 530. The lowest BCUT2D eigenvalue weighted by Crippen LogP contribution is -2.47. The van der Waals surface area contributed by atoms with Crippen molar-refractivity contribution in [3.05, 3.63) is 22.4 Å². The monoisotopic (exact) mass is 349 g/mol. The lowest BCUT2D eigenvalue weighted by Gasteiger charge is -2.35. The first-order valence-corrected chi connectivity index (χ1v) is 9.97. The molecule has 1 atom stereocenters. The zero-order valence-electron chi connectivity index (χ0n) is 14.1. The number of hydrogen-bond acceptors (Lipinski definition) is 4. The van der Waals surface area contributed by atoms with E-state index in [1.54, 1.807) is 16.2 Å². The maximum absolute atomic E-state index is 12.3. The fraction of sp³-hybridized carbons (Fsp3) is 0.667. The van der Waals surface area contributed by atoms with Crippen LogP contribution in [0.25, 0.3) is 0 Å². The first kappa shape index (κ1) is 17.4. The molecule has 3 rings (SSSR count). The molecule has 132 valence electrons. The van der Waals surface area contributed by atoms with Crippen molar-refractivity contribution in [1.29, 1.82) is 0 Å². The van der Waals surface area contributed by atoms with Gasteiger partial charge in [-0.1, -0.05) is 0 Å². The number of nitrogens with zero attached hydrogens (tertiary/aromatic N) is 1. The van der Waals surface area contributed by atoms with Gasteiger partial charge >= 0.3 is 11.8 Å². The molecule has 0 radical (unpaired) electrons. The standard InChI is InChI=1S/C18H27N3O2S/c22-17(20-12-14-6-11-24-13-14)18(23)21-9-4-16(5-10-21)15-2-1-7-19-8-3-15/h6,11,13,15-16,19H,1-5,7-10,12H2,(H,20,22). The van der Waals surface area contributed by atoms with Gasteiger partial charge in [-0.2, -0.15) is 11.3 Å². The maximum Gasteiger partial charge on any atom is 0.311 e. The van der Waals surface area contributed by atoms with E-state index in [9.17, 15) is 9.59 Å². The van der Waals surface area contributed by atoms with Gasteiger partial charge < -0.3 is 15.5 Å². The molecule has 6 heteroatoms. The summed E-state index contributed by atoms with van der Waals surface area (Å²) in [6, 6.07) is 1.96. The zero-order chi connectivity index (χ0) is 16.8. The van der Waals surface area contributed by atoms with Crippen LogP contribution in [-0.4, -0.2) is 42.9 Å². The third-order valence-electron chi connectivity index (χ3n) is 5.34. The number of amides is 2. The number of thiophene rings is 1. The van der Waals surface area contributed by atoms with E-state index >= 15 is 0 Å². The van der Waals surface area contributed by atoms with E-state index in [1.807, 2.05) is 16.8 Å². The zero-order valence-corrected chi connectivity index (χ0v) is 14.9. The Hall–Kier alpha value is -1.40. The van der Waals surface area contributed by atoms with E-state index < -0.39 is 5.91 Å². The van der Waals surface area contributed by atoms with Crippen LogP contribution >= 0.6 is 11.3 Å². The summed E-state index contributed by atoms with van der Waals surface area (Å²) in [5.41, 5.74) is 1.04. The minimum absolute atomic E-state index is 0.369. The highest BCUT2D eigenvalue weighted by Gasteiger charge is 2.30. The van der Waals surface area contributed by atoms with Crippen LogP contribution in [0.5, 0.6) is 0 Å². The van der Waals surface area contributed by atoms with Crippen molar-refractivity contribution in [3.8, 4) is 0 Å². The minimum atomic E-state index is -0.474. The van der Waals surface area contributed by atoms with Crippen molar-refractivity contribution in [2.75, 3.05) is 26.2 Å². The van der Waals surface area contributed by atoms with E-state index in [-0.39, 0.29) is 5.91 Å². The van der Waals surface area contributed by atoms with E-state index in [0.29, 0.717) is 12.5 Å². The molecule has 1 aromatic heterocycles. The van der Waals surface area contributed by atoms with Crippen molar-refractivity contribution < 1.29 is 9.59 Å². The number of hydrogen-bond donors (Lipinski definition) is 2. The quantitative estimate of drug-likeness (QED) is 0.821. The van der Waals surface area contributed by atoms with Crippen LogP contribution in [0, 0.1) is 11.8 Å². The lowest BCUT2D eigenvalue weighted by atomic mass is 9.80. The summed E-state index contributed by atoms with van der Waals surface area (Å²) in [5.74, 6) is 0.650. The predicted octanol–water partition coefficient (Wildman–Crippen LogP) is 1.99. The molecule has 2 saturated heterocycles. The highest BCUT2D eigenvalue weighted by molar-refractivity contribution is 7.07. The molecular formula is C18H27N3O2S. The van der Waals surface area contributed by atoms with Crippen LogP contribution in [0.2, 0.25) is 0 Å². The largest absolute Gasteiger partial charge is 0.344 e. The number of carbonyl (C=O) groups excluding carboxylic acids is 2. The molecule has 0 bridgehead atoms. The molecule has 1 aromatic rings. The SMILES string of the molecule is O=C(NCc1ccsc1)C(=O)N1CCC(C2CCCNCC2)CC1. The average molecular weight is 350 g/mol. The van der Waals surface area contributed by atoms with Crippen LogP contribution in [0.3, 0.4) is 0 Å². The highest BCUT2D eigenvalue weighted by Crippen LogP contribution is 2.31. The molecule has 1 unspecified atom stereocenters. The summed E-state index contributed by atoms with van der Waals surface area (Å²) in [6.07, 6.45) is 5.88. The van der Waals surface area contributed by atoms with Gasteiger partial charge in [-0.15, -0.1) is 0 Å². The van der Waals surface area contributed by atoms with Crippen molar-refractivity contribution in [2.24, 2.45) is 11.8 Å². The minimum Gasteiger partial charge on any atom is -0.344 e. The molecule has 2 N–H and O–H groups in total. The van der Waals surface area contributed by atoms with E-state index in [4.69, 9.17) is 0 Å². The molecule has 0 aromatic carbocycles. The van der Waals surface area contributed by atoms with Crippen LogP contribution in [0.4, 0.5) is 0 Å². The van der Waals surface area contributed by atoms with Gasteiger partial charge in [0.05, 0.1) is 0 Å². The molecule has 0 aliphatic carbocycles. The summed E-state index contributed by atoms with van der Waals surface area (Å²) in [7, 11) is 0. The van der Waals surface area contributed by atoms with Gasteiger partial charge in [0.15, 0.2) is 0 Å². The third kappa shape index (κ3) is 4.57. The number of rotatable bonds is 3. The average Bonchev–Trinajstić information content (AvgIpc) is 2.99. The molecule has 24 heavy (non-hydrogen) atoms. The third-order valence-corrected chi connectivity index (χ3v) is 6.07. The van der Waals surface area contributed by atoms with Gasteiger partial charge in [-0.05, 0) is 79.4 Å². The van der Waals surface area contributed by atoms with E-state index in [2.05, 4.69) is 10.6 Å². The molecule has 0 saturated carbocycles. The van der Waals surface area contributed by atoms with Gasteiger partial charge in [0, 0.05) is 19.6 Å². The van der Waals surface area contributed by atoms with Gasteiger partial charge in [0.1, 0.15) is 0 Å². The van der Waals surface area contributed by atoms with Gasteiger partial charge in [-0.25, -0.2) is 0 Å². The van der Waals surface area contributed by atoms with Gasteiger partial charge in [0.25, 0.3) is 0 Å². The molecule has 5 nitrogen and oxygen atoms in total. The first-order valence-electron chi connectivity index (χ1n) is 9.03. The number of likely N-dealkylation sites (tertiary alicyclic amines) is 1. The molecule has 2 fully saturated rings. The number of carbonyl (C=O) groups is 2. The Morgan fingerprint density at radius 3 is 2.71 bits per heavy atom. The normalized spacial score (nSPS) is 22.8. The summed E-state index contributed by atoms with van der Waals surface area (Å²) in [4.78, 5) is 26.1. The van der Waals surface area contributed by atoms with Crippen LogP contribution in [-0.2, 0) is 16.1 Å². The fourth-order valence-electron chi connectivity index (χ4n) is 3.89. The first-order chi connectivity index (χ1) is 11.7. The van der Waals surface area contributed by atoms with Crippen molar-refractivity contribution >= 4 is 23.2 Å². The Labute approximate surface area is 147 Å². The molecule has 2 aliphatic heterocycles. The molecule has 3 heterocycles. The number of nitrogens with one attached hydrogen (secondary N) is 2. The summed E-state index contributed by atoms with van der Waals surface area (Å²) < 4.78 is 0. The van der Waals surface area contributed by atoms with E-state index in [1.165, 1.54) is 19.3 Å². The second-order valence-corrected chi connectivity index (χ2v) is 7.66. The van der Waals surface area contributed by atoms with E-state index in [0.717, 1.165) is 50.5 Å². The van der Waals surface area contributed by atoms with Crippen LogP contribution < -0.4 is 10.6 Å². The Morgan fingerprint density at radius 2 is 1.96 bits per heavy atom. The second-order valence-electron chi connectivity index (χ2n) is 6.88. The van der Waals surface area contributed by atoms with Crippen molar-refractivity contribution in [3.63, 3.8) is 0 Å². The Morgan fingerprint density at radius 1 is 1.17 bits per heavy atom. The fourth-order valence-corrected chi connectivity index (χ4v) is 4.55. The molecular weight excluding hydrogens is 322 g/mol. The second kappa shape index (κ2) is 8.62. The van der Waals surface area contributed by atoms with Gasteiger partial charge in [-0.3, -0.25) is 9.59 Å². The Balaban J connectivity index is 1.43. The molecule has 0 spiro atoms. The molecule has 2 amide bonds. The molecule has 2 aliphatic rings. The van der Waals surface area contributed by atoms with Crippen molar-refractivity contribution in [1.82, 2.24) is 15.5 Å². The van der Waals surface area contributed by atoms with Crippen LogP contribution in [0.1, 0.15) is 37.7 Å². The summed E-state index contributed by atoms with van der Waals surface area (Å²) in [5, 5.41) is 10.2. The summed E-state index contributed by atoms with van der Waals surface area (Å²) >= 11 is 1.59. The Kier molecular flexibility index (Phi) is 6.26. The van der Waals surface area contributed by atoms with Crippen LogP contribution in [0.15, 0.2) is 16.8 Å². The maximum atomic E-state index is 12.3. The smallest absolute Gasteiger partial charge is 0.311 e. The van der Waals surface area contributed by atoms with Crippen molar-refractivity contribution in [2.45, 2.75) is 38.6 Å². The van der Waals surface area contributed by atoms with Gasteiger partial charge in [0.2, 0.25) is 0 Å². The topological polar surface area (TPSA) is 61.4 Å².